The fourth-order valence-corrected chi connectivity index (χ4v) is 1.69. The Morgan fingerprint density at radius 3 is 2.62 bits per heavy atom. The maximum absolute atomic E-state index is 5.71. The fourth-order valence-electron chi connectivity index (χ4n) is 1.69. The zero-order valence-corrected chi connectivity index (χ0v) is 9.62. The maximum Gasteiger partial charge on any atom is 0.0837 e. The summed E-state index contributed by atoms with van der Waals surface area (Å²) in [6.45, 7) is 4.39. The van der Waals surface area contributed by atoms with E-state index in [1.807, 2.05) is 12.1 Å². The smallest absolute Gasteiger partial charge is 0.0837 e. The highest BCUT2D eigenvalue weighted by Crippen LogP contribution is 2.24. The van der Waals surface area contributed by atoms with E-state index in [1.54, 1.807) is 0 Å². The first-order valence-corrected chi connectivity index (χ1v) is 5.46. The topological polar surface area (TPSA) is 26.0 Å². The average Bonchev–Trinajstić information content (AvgIpc) is 2.29. The van der Waals surface area contributed by atoms with Gasteiger partial charge in [-0.2, -0.15) is 0 Å². The van der Waals surface area contributed by atoms with Crippen LogP contribution < -0.4 is 5.73 Å². The van der Waals surface area contributed by atoms with Crippen molar-refractivity contribution in [3.63, 3.8) is 0 Å². The lowest BCUT2D eigenvalue weighted by molar-refractivity contribution is 0.867. The number of nitrogens with two attached hydrogens (primary N) is 1. The molecular weight excluding hydrogens is 194 g/mol. The second-order valence-corrected chi connectivity index (χ2v) is 4.25. The Morgan fingerprint density at radius 1 is 1.12 bits per heavy atom. The van der Waals surface area contributed by atoms with Crippen molar-refractivity contribution in [3.8, 4) is 11.1 Å². The van der Waals surface area contributed by atoms with Gasteiger partial charge in [0.05, 0.1) is 5.69 Å². The molecule has 16 heavy (non-hydrogen) atoms. The molecule has 80 valence electrons. The Labute approximate surface area is 96.9 Å². The molecule has 0 heterocycles. The normalized spacial score (nSPS) is 10.2. The molecule has 0 aliphatic rings. The van der Waals surface area contributed by atoms with E-state index in [1.165, 1.54) is 11.1 Å². The molecule has 2 N–H and O–H groups in total. The molecule has 2 rings (SSSR count). The summed E-state index contributed by atoms with van der Waals surface area (Å²) in [5.74, 6) is 0.538. The van der Waals surface area contributed by atoms with Crippen molar-refractivity contribution in [2.45, 2.75) is 19.8 Å². The van der Waals surface area contributed by atoms with E-state index in [-0.39, 0.29) is 0 Å². The number of rotatable bonds is 2. The minimum absolute atomic E-state index is 0.538. The van der Waals surface area contributed by atoms with Gasteiger partial charge >= 0.3 is 0 Å². The Hall–Kier alpha value is -1.94. The van der Waals surface area contributed by atoms with Crippen LogP contribution in [-0.4, -0.2) is 0 Å². The summed E-state index contributed by atoms with van der Waals surface area (Å²) < 4.78 is 0. The van der Waals surface area contributed by atoms with Gasteiger partial charge in [0, 0.05) is 0 Å². The van der Waals surface area contributed by atoms with Crippen molar-refractivity contribution in [1.29, 1.82) is 0 Å². The summed E-state index contributed by atoms with van der Waals surface area (Å²) in [6.07, 6.45) is 0. The molecule has 0 spiro atoms. The van der Waals surface area contributed by atoms with E-state index in [4.69, 9.17) is 5.73 Å². The highest BCUT2D eigenvalue weighted by molar-refractivity contribution is 5.66. The zero-order chi connectivity index (χ0) is 11.5. The third kappa shape index (κ3) is 2.17. The zero-order valence-electron chi connectivity index (χ0n) is 9.62. The molecule has 0 amide bonds. The van der Waals surface area contributed by atoms with E-state index in [2.05, 4.69) is 50.2 Å². The van der Waals surface area contributed by atoms with Crippen LogP contribution in [0.15, 0.2) is 36.4 Å². The number of hydrogen-bond acceptors (Lipinski definition) is 1. The van der Waals surface area contributed by atoms with Crippen molar-refractivity contribution in [3.05, 3.63) is 54.1 Å². The lowest BCUT2D eigenvalue weighted by Crippen LogP contribution is -1.88. The van der Waals surface area contributed by atoms with Gasteiger partial charge in [0.2, 0.25) is 0 Å². The number of nitrogen functional groups attached to an aromatic ring is 1. The predicted octanol–water partition coefficient (Wildman–Crippen LogP) is 3.66. The molecule has 0 aliphatic heterocycles. The van der Waals surface area contributed by atoms with Crippen LogP contribution in [0.4, 0.5) is 5.69 Å². The van der Waals surface area contributed by atoms with Gasteiger partial charge in [-0.15, -0.1) is 0 Å². The first kappa shape index (κ1) is 10.6. The molecule has 0 aromatic heterocycles. The monoisotopic (exact) mass is 209 g/mol. The van der Waals surface area contributed by atoms with E-state index in [0.717, 1.165) is 5.56 Å². The Kier molecular flexibility index (Phi) is 2.83. The van der Waals surface area contributed by atoms with Gasteiger partial charge in [-0.05, 0) is 40.8 Å². The maximum atomic E-state index is 5.71. The number of anilines is 1. The van der Waals surface area contributed by atoms with Gasteiger partial charge in [-0.1, -0.05) is 44.2 Å². The van der Waals surface area contributed by atoms with Crippen molar-refractivity contribution in [2.24, 2.45) is 0 Å². The highest BCUT2D eigenvalue weighted by Gasteiger charge is 2.02. The third-order valence-corrected chi connectivity index (χ3v) is 2.64. The molecular formula is C15H15N. The lowest BCUT2D eigenvalue weighted by atomic mass is 9.98. The van der Waals surface area contributed by atoms with Crippen LogP contribution in [0.25, 0.3) is 11.1 Å². The van der Waals surface area contributed by atoms with E-state index in [9.17, 15) is 0 Å². The van der Waals surface area contributed by atoms with Gasteiger partial charge < -0.3 is 5.73 Å². The molecule has 1 heteroatoms. The Morgan fingerprint density at radius 2 is 1.94 bits per heavy atom. The summed E-state index contributed by atoms with van der Waals surface area (Å²) in [4.78, 5) is 0. The van der Waals surface area contributed by atoms with Crippen LogP contribution >= 0.6 is 0 Å². The summed E-state index contributed by atoms with van der Waals surface area (Å²) >= 11 is 0. The summed E-state index contributed by atoms with van der Waals surface area (Å²) in [6, 6.07) is 18.1. The first-order valence-electron chi connectivity index (χ1n) is 5.46. The van der Waals surface area contributed by atoms with E-state index < -0.39 is 0 Å². The summed E-state index contributed by atoms with van der Waals surface area (Å²) in [7, 11) is 0. The first-order chi connectivity index (χ1) is 7.66. The van der Waals surface area contributed by atoms with Crippen LogP contribution in [0.3, 0.4) is 0 Å². The van der Waals surface area contributed by atoms with Gasteiger partial charge in [0.1, 0.15) is 0 Å². The van der Waals surface area contributed by atoms with Crippen LogP contribution in [-0.2, 0) is 0 Å². The average molecular weight is 209 g/mol. The molecule has 0 radical (unpaired) electrons. The van der Waals surface area contributed by atoms with Crippen LogP contribution in [0.5, 0.6) is 0 Å². The molecule has 2 aromatic carbocycles. The molecule has 0 unspecified atom stereocenters. The van der Waals surface area contributed by atoms with Crippen molar-refractivity contribution in [1.82, 2.24) is 0 Å². The molecule has 0 fully saturated rings. The quantitative estimate of drug-likeness (QED) is 0.802. The Balaban J connectivity index is 2.44. The van der Waals surface area contributed by atoms with Crippen molar-refractivity contribution in [2.75, 3.05) is 5.73 Å². The van der Waals surface area contributed by atoms with Crippen LogP contribution in [0.1, 0.15) is 25.3 Å². The summed E-state index contributed by atoms with van der Waals surface area (Å²) in [5.41, 5.74) is 9.96. The fraction of sp³-hybridized carbons (Fsp3) is 0.200. The molecule has 0 saturated carbocycles. The van der Waals surface area contributed by atoms with E-state index in [0.29, 0.717) is 11.6 Å². The van der Waals surface area contributed by atoms with Crippen molar-refractivity contribution >= 4 is 5.69 Å². The Bertz CT molecular complexity index is 486. The predicted molar refractivity (Wildman–Crippen MR) is 68.1 cm³/mol. The second kappa shape index (κ2) is 4.28. The summed E-state index contributed by atoms with van der Waals surface area (Å²) in [5, 5.41) is 0. The molecule has 0 bridgehead atoms. The molecule has 0 atom stereocenters. The SMILES string of the molecule is CC(C)c1cccc(-c2cc#cc(N)c2)c1. The van der Waals surface area contributed by atoms with E-state index >= 15 is 0 Å². The minimum atomic E-state index is 0.538. The number of hydrogen-bond donors (Lipinski definition) is 1. The molecule has 0 aliphatic carbocycles. The molecule has 0 saturated heterocycles. The van der Waals surface area contributed by atoms with Crippen LogP contribution in [0, 0.1) is 12.1 Å². The largest absolute Gasteiger partial charge is 0.392 e. The number of benzene rings is 1. The molecule has 2 aromatic rings. The minimum Gasteiger partial charge on any atom is -0.392 e. The highest BCUT2D eigenvalue weighted by atomic mass is 14.5. The van der Waals surface area contributed by atoms with Gasteiger partial charge in [0.25, 0.3) is 0 Å². The van der Waals surface area contributed by atoms with Gasteiger partial charge in [-0.3, -0.25) is 0 Å². The molecule has 1 nitrogen and oxygen atoms in total. The van der Waals surface area contributed by atoms with Crippen LogP contribution in [0.2, 0.25) is 0 Å². The third-order valence-electron chi connectivity index (χ3n) is 2.64. The second-order valence-electron chi connectivity index (χ2n) is 4.25. The standard InChI is InChI=1S/C15H15N/c1-11(2)12-5-3-6-13(9-12)14-7-4-8-15(16)10-14/h3,5-7,9-11H,16H2,1-2H3. The van der Waals surface area contributed by atoms with Gasteiger partial charge in [-0.25, -0.2) is 0 Å². The lowest BCUT2D eigenvalue weighted by Gasteiger charge is -2.07. The van der Waals surface area contributed by atoms with Gasteiger partial charge in [0.15, 0.2) is 0 Å². The van der Waals surface area contributed by atoms with Crippen molar-refractivity contribution < 1.29 is 0 Å².